The van der Waals surface area contributed by atoms with Crippen LogP contribution < -0.4 is 5.32 Å². The van der Waals surface area contributed by atoms with Crippen LogP contribution in [-0.2, 0) is 4.74 Å². The van der Waals surface area contributed by atoms with Gasteiger partial charge in [-0.3, -0.25) is 4.98 Å². The van der Waals surface area contributed by atoms with Crippen molar-refractivity contribution in [3.8, 4) is 0 Å². The fourth-order valence-corrected chi connectivity index (χ4v) is 1.92. The molecule has 0 aliphatic carbocycles. The van der Waals surface area contributed by atoms with Crippen molar-refractivity contribution in [3.05, 3.63) is 18.1 Å². The molecule has 0 spiro atoms. The molecule has 1 aromatic rings. The predicted molar refractivity (Wildman–Crippen MR) is 63.4 cm³/mol. The standard InChI is InChI=1S/C12H19N3O/c1-10-11(14-6-5-13-10)15-9-12(2)3-7-16-8-4-12/h5-6H,3-4,7-9H2,1-2H3,(H,14,15). The van der Waals surface area contributed by atoms with E-state index in [-0.39, 0.29) is 0 Å². The molecule has 1 aliphatic heterocycles. The minimum atomic E-state index is 0.322. The topological polar surface area (TPSA) is 47.0 Å². The molecule has 0 atom stereocenters. The van der Waals surface area contributed by atoms with Gasteiger partial charge in [-0.1, -0.05) is 6.92 Å². The number of rotatable bonds is 3. The lowest BCUT2D eigenvalue weighted by molar-refractivity contribution is 0.0299. The number of ether oxygens (including phenoxy) is 1. The van der Waals surface area contributed by atoms with Crippen LogP contribution in [0.1, 0.15) is 25.5 Å². The van der Waals surface area contributed by atoms with Gasteiger partial charge >= 0.3 is 0 Å². The van der Waals surface area contributed by atoms with Gasteiger partial charge in [0, 0.05) is 32.2 Å². The van der Waals surface area contributed by atoms with Gasteiger partial charge in [0.25, 0.3) is 0 Å². The first-order valence-electron chi connectivity index (χ1n) is 5.79. The van der Waals surface area contributed by atoms with Gasteiger partial charge in [0.2, 0.25) is 0 Å². The quantitative estimate of drug-likeness (QED) is 0.848. The highest BCUT2D eigenvalue weighted by Crippen LogP contribution is 2.29. The number of aromatic nitrogens is 2. The molecule has 0 saturated carbocycles. The van der Waals surface area contributed by atoms with Crippen LogP contribution in [0, 0.1) is 12.3 Å². The van der Waals surface area contributed by atoms with E-state index >= 15 is 0 Å². The average molecular weight is 221 g/mol. The maximum absolute atomic E-state index is 5.38. The highest BCUT2D eigenvalue weighted by atomic mass is 16.5. The van der Waals surface area contributed by atoms with Crippen LogP contribution in [0.4, 0.5) is 5.82 Å². The largest absolute Gasteiger partial charge is 0.381 e. The summed E-state index contributed by atoms with van der Waals surface area (Å²) in [5.74, 6) is 0.898. The van der Waals surface area contributed by atoms with Crippen LogP contribution in [0.15, 0.2) is 12.4 Å². The van der Waals surface area contributed by atoms with E-state index in [1.165, 1.54) is 0 Å². The Kier molecular flexibility index (Phi) is 3.39. The van der Waals surface area contributed by atoms with Crippen molar-refractivity contribution < 1.29 is 4.74 Å². The summed E-state index contributed by atoms with van der Waals surface area (Å²) in [6.07, 6.45) is 5.66. The van der Waals surface area contributed by atoms with E-state index in [0.717, 1.165) is 44.1 Å². The molecule has 1 N–H and O–H groups in total. The first-order valence-corrected chi connectivity index (χ1v) is 5.79. The van der Waals surface area contributed by atoms with Gasteiger partial charge in [-0.05, 0) is 25.2 Å². The normalized spacial score (nSPS) is 19.4. The fraction of sp³-hybridized carbons (Fsp3) is 0.667. The van der Waals surface area contributed by atoms with E-state index in [1.54, 1.807) is 12.4 Å². The average Bonchev–Trinajstić information content (AvgIpc) is 2.29. The van der Waals surface area contributed by atoms with Crippen molar-refractivity contribution in [2.45, 2.75) is 26.7 Å². The number of hydrogen-bond donors (Lipinski definition) is 1. The number of anilines is 1. The molecule has 4 nitrogen and oxygen atoms in total. The number of hydrogen-bond acceptors (Lipinski definition) is 4. The summed E-state index contributed by atoms with van der Waals surface area (Å²) in [6.45, 7) is 6.96. The minimum Gasteiger partial charge on any atom is -0.381 e. The molecule has 88 valence electrons. The third-order valence-electron chi connectivity index (χ3n) is 3.26. The molecule has 0 bridgehead atoms. The molecule has 2 heterocycles. The Balaban J connectivity index is 1.94. The van der Waals surface area contributed by atoms with Gasteiger partial charge in [-0.25, -0.2) is 4.98 Å². The minimum absolute atomic E-state index is 0.322. The van der Waals surface area contributed by atoms with Gasteiger partial charge < -0.3 is 10.1 Å². The maximum atomic E-state index is 5.38. The zero-order valence-electron chi connectivity index (χ0n) is 9.99. The van der Waals surface area contributed by atoms with Crippen molar-refractivity contribution in [1.82, 2.24) is 9.97 Å². The molecule has 4 heteroatoms. The number of nitrogens with one attached hydrogen (secondary N) is 1. The molecule has 0 radical (unpaired) electrons. The number of aryl methyl sites for hydroxylation is 1. The van der Waals surface area contributed by atoms with Crippen LogP contribution in [0.3, 0.4) is 0 Å². The second kappa shape index (κ2) is 4.78. The monoisotopic (exact) mass is 221 g/mol. The van der Waals surface area contributed by atoms with Gasteiger partial charge in [-0.2, -0.15) is 0 Å². The summed E-state index contributed by atoms with van der Waals surface area (Å²) in [5.41, 5.74) is 1.28. The molecule has 1 aliphatic rings. The van der Waals surface area contributed by atoms with Crippen LogP contribution in [-0.4, -0.2) is 29.7 Å². The van der Waals surface area contributed by atoms with Crippen LogP contribution in [0.25, 0.3) is 0 Å². The SMILES string of the molecule is Cc1nccnc1NCC1(C)CCOCC1. The van der Waals surface area contributed by atoms with Gasteiger partial charge in [0.15, 0.2) is 0 Å². The summed E-state index contributed by atoms with van der Waals surface area (Å²) in [4.78, 5) is 8.50. The lowest BCUT2D eigenvalue weighted by Crippen LogP contribution is -2.33. The molecular weight excluding hydrogens is 202 g/mol. The van der Waals surface area contributed by atoms with Crippen molar-refractivity contribution in [2.75, 3.05) is 25.1 Å². The smallest absolute Gasteiger partial charge is 0.147 e. The predicted octanol–water partition coefficient (Wildman–Crippen LogP) is 2.01. The van der Waals surface area contributed by atoms with E-state index in [9.17, 15) is 0 Å². The van der Waals surface area contributed by atoms with Crippen LogP contribution in [0.2, 0.25) is 0 Å². The lowest BCUT2D eigenvalue weighted by Gasteiger charge is -2.33. The summed E-state index contributed by atoms with van der Waals surface area (Å²) >= 11 is 0. The Morgan fingerprint density at radius 1 is 1.31 bits per heavy atom. The van der Waals surface area contributed by atoms with E-state index in [2.05, 4.69) is 22.2 Å². The zero-order valence-corrected chi connectivity index (χ0v) is 9.99. The van der Waals surface area contributed by atoms with Crippen LogP contribution in [0.5, 0.6) is 0 Å². The van der Waals surface area contributed by atoms with Crippen molar-refractivity contribution in [3.63, 3.8) is 0 Å². The molecule has 2 rings (SSSR count). The number of nitrogens with zero attached hydrogens (tertiary/aromatic N) is 2. The third kappa shape index (κ3) is 2.70. The Labute approximate surface area is 96.4 Å². The Morgan fingerprint density at radius 2 is 2.00 bits per heavy atom. The van der Waals surface area contributed by atoms with Crippen molar-refractivity contribution in [1.29, 1.82) is 0 Å². The van der Waals surface area contributed by atoms with Crippen molar-refractivity contribution >= 4 is 5.82 Å². The summed E-state index contributed by atoms with van der Waals surface area (Å²) < 4.78 is 5.38. The van der Waals surface area contributed by atoms with E-state index in [4.69, 9.17) is 4.74 Å². The second-order valence-electron chi connectivity index (χ2n) is 4.77. The van der Waals surface area contributed by atoms with E-state index in [1.807, 2.05) is 6.92 Å². The third-order valence-corrected chi connectivity index (χ3v) is 3.26. The molecule has 0 unspecified atom stereocenters. The molecule has 1 saturated heterocycles. The van der Waals surface area contributed by atoms with Crippen LogP contribution >= 0.6 is 0 Å². The Bertz CT molecular complexity index is 348. The molecule has 1 aromatic heterocycles. The first kappa shape index (κ1) is 11.3. The highest BCUT2D eigenvalue weighted by Gasteiger charge is 2.27. The molecular formula is C12H19N3O. The lowest BCUT2D eigenvalue weighted by atomic mass is 9.82. The van der Waals surface area contributed by atoms with Crippen molar-refractivity contribution in [2.24, 2.45) is 5.41 Å². The summed E-state index contributed by atoms with van der Waals surface area (Å²) in [6, 6.07) is 0. The fourth-order valence-electron chi connectivity index (χ4n) is 1.92. The summed E-state index contributed by atoms with van der Waals surface area (Å²) in [5, 5.41) is 3.39. The molecule has 16 heavy (non-hydrogen) atoms. The van der Waals surface area contributed by atoms with Gasteiger partial charge in [-0.15, -0.1) is 0 Å². The molecule has 1 fully saturated rings. The maximum Gasteiger partial charge on any atom is 0.147 e. The highest BCUT2D eigenvalue weighted by molar-refractivity contribution is 5.38. The molecule has 0 aromatic carbocycles. The summed E-state index contributed by atoms with van der Waals surface area (Å²) in [7, 11) is 0. The zero-order chi connectivity index (χ0) is 11.4. The first-order chi connectivity index (χ1) is 7.70. The Hall–Kier alpha value is -1.16. The Morgan fingerprint density at radius 3 is 2.69 bits per heavy atom. The van der Waals surface area contributed by atoms with E-state index in [0.29, 0.717) is 5.41 Å². The van der Waals surface area contributed by atoms with E-state index < -0.39 is 0 Å². The molecule has 0 amide bonds. The van der Waals surface area contributed by atoms with Gasteiger partial charge in [0.05, 0.1) is 5.69 Å². The second-order valence-corrected chi connectivity index (χ2v) is 4.77. The van der Waals surface area contributed by atoms with Gasteiger partial charge in [0.1, 0.15) is 5.82 Å².